The van der Waals surface area contributed by atoms with Gasteiger partial charge in [0.05, 0.1) is 30.0 Å². The maximum atomic E-state index is 13.1. The molecule has 3 aliphatic rings. The fraction of sp³-hybridized carbons (Fsp3) is 0.472. The van der Waals surface area contributed by atoms with Crippen molar-refractivity contribution >= 4 is 34.0 Å². The highest BCUT2D eigenvalue weighted by molar-refractivity contribution is 7.84. The standard InChI is InChI=1S/C36H42ClNO12S/c1-20(39)38-25-16-22(12-13-24(25)37)17-45-35-30(42)28(40)32(26(47-35)14-15-51(44)19-21-8-4-2-5-9-21)50-36-31(43)29(41)33-27(48-36)18-46-34(49-33)23-10-6-3-7-11-23/h2-13,16,26-36,40-43H,14-15,17-19H2,1H3,(H,38,39)/t26-,27-,28-,29-,30-,31-,32-,33-,34?,35-,36-,51?/m1/s1. The van der Waals surface area contributed by atoms with E-state index in [1.54, 1.807) is 18.2 Å². The second-order valence-corrected chi connectivity index (χ2v) is 14.7. The van der Waals surface area contributed by atoms with Crippen molar-refractivity contribution in [2.24, 2.45) is 0 Å². The number of amides is 1. The van der Waals surface area contributed by atoms with Crippen molar-refractivity contribution in [1.82, 2.24) is 0 Å². The highest BCUT2D eigenvalue weighted by Gasteiger charge is 2.53. The number of carbonyl (C=O) groups is 1. The first-order valence-corrected chi connectivity index (χ1v) is 18.5. The molecule has 0 bridgehead atoms. The number of fused-ring (bicyclic) bond motifs is 1. The molecule has 51 heavy (non-hydrogen) atoms. The van der Waals surface area contributed by atoms with Crippen molar-refractivity contribution in [2.75, 3.05) is 17.7 Å². The van der Waals surface area contributed by atoms with Gasteiger partial charge in [-0.15, -0.1) is 0 Å². The Morgan fingerprint density at radius 1 is 0.882 bits per heavy atom. The second kappa shape index (κ2) is 17.3. The first-order valence-electron chi connectivity index (χ1n) is 16.6. The third kappa shape index (κ3) is 9.40. The lowest BCUT2D eigenvalue weighted by molar-refractivity contribution is -0.385. The molecule has 2 unspecified atom stereocenters. The Kier molecular flexibility index (Phi) is 12.9. The van der Waals surface area contributed by atoms with E-state index in [4.69, 9.17) is 40.0 Å². The summed E-state index contributed by atoms with van der Waals surface area (Å²) in [4.78, 5) is 11.6. The number of hydrogen-bond donors (Lipinski definition) is 5. The molecule has 3 heterocycles. The number of anilines is 1. The van der Waals surface area contributed by atoms with Crippen LogP contribution in [-0.4, -0.2) is 104 Å². The lowest BCUT2D eigenvalue weighted by Crippen LogP contribution is -2.65. The summed E-state index contributed by atoms with van der Waals surface area (Å²) in [7, 11) is -1.33. The Bertz CT molecular complexity index is 1620. The van der Waals surface area contributed by atoms with Gasteiger partial charge in [0.25, 0.3) is 0 Å². The summed E-state index contributed by atoms with van der Waals surface area (Å²) in [6.45, 7) is 1.29. The summed E-state index contributed by atoms with van der Waals surface area (Å²) in [5.74, 6) is 0.134. The fourth-order valence-electron chi connectivity index (χ4n) is 6.27. The number of rotatable bonds is 12. The Balaban J connectivity index is 1.15. The Morgan fingerprint density at radius 2 is 1.59 bits per heavy atom. The van der Waals surface area contributed by atoms with Gasteiger partial charge in [-0.2, -0.15) is 0 Å². The third-order valence-electron chi connectivity index (χ3n) is 8.89. The smallest absolute Gasteiger partial charge is 0.221 e. The zero-order valence-corrected chi connectivity index (χ0v) is 29.3. The molecule has 0 spiro atoms. The molecule has 13 nitrogen and oxygen atoms in total. The third-order valence-corrected chi connectivity index (χ3v) is 10.6. The van der Waals surface area contributed by atoms with Crippen LogP contribution < -0.4 is 5.32 Å². The van der Waals surface area contributed by atoms with Crippen LogP contribution in [-0.2, 0) is 56.4 Å². The maximum Gasteiger partial charge on any atom is 0.221 e. The summed E-state index contributed by atoms with van der Waals surface area (Å²) in [5, 5.41) is 47.8. The number of carbonyl (C=O) groups excluding carboxylic acids is 1. The minimum atomic E-state index is -1.62. The first kappa shape index (κ1) is 37.9. The molecule has 3 saturated heterocycles. The Labute approximate surface area is 302 Å². The van der Waals surface area contributed by atoms with Crippen LogP contribution in [0.1, 0.15) is 36.3 Å². The number of hydrogen-bond acceptors (Lipinski definition) is 12. The molecule has 3 fully saturated rings. The highest BCUT2D eigenvalue weighted by atomic mass is 35.5. The van der Waals surface area contributed by atoms with E-state index in [9.17, 15) is 29.4 Å². The summed E-state index contributed by atoms with van der Waals surface area (Å²) in [6, 6.07) is 23.4. The molecule has 276 valence electrons. The van der Waals surface area contributed by atoms with Gasteiger partial charge in [0.15, 0.2) is 18.9 Å². The van der Waals surface area contributed by atoms with E-state index in [2.05, 4.69) is 5.32 Å². The first-order chi connectivity index (χ1) is 24.6. The van der Waals surface area contributed by atoms with Crippen LogP contribution in [0.25, 0.3) is 0 Å². The minimum absolute atomic E-state index is 0.0202. The molecular formula is C36H42ClNO12S. The zero-order chi connectivity index (χ0) is 36.1. The number of nitrogens with one attached hydrogen (secondary N) is 1. The molecule has 6 rings (SSSR count). The van der Waals surface area contributed by atoms with Crippen LogP contribution in [0.15, 0.2) is 78.9 Å². The average molecular weight is 748 g/mol. The van der Waals surface area contributed by atoms with Crippen molar-refractivity contribution in [3.05, 3.63) is 101 Å². The number of ether oxygens (including phenoxy) is 6. The molecule has 0 radical (unpaired) electrons. The zero-order valence-electron chi connectivity index (χ0n) is 27.7. The van der Waals surface area contributed by atoms with E-state index >= 15 is 0 Å². The number of benzene rings is 3. The molecule has 0 aliphatic carbocycles. The van der Waals surface area contributed by atoms with E-state index in [1.165, 1.54) is 6.92 Å². The highest BCUT2D eigenvalue weighted by Crippen LogP contribution is 2.36. The van der Waals surface area contributed by atoms with Crippen molar-refractivity contribution in [2.45, 2.75) is 93.4 Å². The van der Waals surface area contributed by atoms with Crippen molar-refractivity contribution in [3.63, 3.8) is 0 Å². The molecule has 3 aromatic carbocycles. The van der Waals surface area contributed by atoms with Crippen molar-refractivity contribution in [1.29, 1.82) is 0 Å². The summed E-state index contributed by atoms with van der Waals surface area (Å²) < 4.78 is 49.1. The van der Waals surface area contributed by atoms with E-state index in [0.717, 1.165) is 11.1 Å². The molecule has 15 heteroatoms. The van der Waals surface area contributed by atoms with Gasteiger partial charge >= 0.3 is 0 Å². The van der Waals surface area contributed by atoms with Gasteiger partial charge < -0.3 is 54.2 Å². The molecule has 3 aromatic rings. The minimum Gasteiger partial charge on any atom is -0.387 e. The summed E-state index contributed by atoms with van der Waals surface area (Å²) in [5.41, 5.74) is 2.60. The topological polar surface area (TPSA) is 182 Å². The normalized spacial score (nSPS) is 32.9. The van der Waals surface area contributed by atoms with Gasteiger partial charge in [-0.25, -0.2) is 0 Å². The average Bonchev–Trinajstić information content (AvgIpc) is 3.13. The van der Waals surface area contributed by atoms with Crippen LogP contribution in [0.3, 0.4) is 0 Å². The quantitative estimate of drug-likeness (QED) is 0.183. The predicted octanol–water partition coefficient (Wildman–Crippen LogP) is 2.55. The lowest BCUT2D eigenvalue weighted by Gasteiger charge is -2.49. The van der Waals surface area contributed by atoms with Crippen molar-refractivity contribution in [3.8, 4) is 0 Å². The van der Waals surface area contributed by atoms with E-state index < -0.39 is 78.5 Å². The molecule has 0 saturated carbocycles. The van der Waals surface area contributed by atoms with Gasteiger partial charge in [0.1, 0.15) is 42.7 Å². The molecule has 12 atom stereocenters. The van der Waals surface area contributed by atoms with E-state index in [1.807, 2.05) is 60.7 Å². The number of aliphatic hydroxyl groups excluding tert-OH is 4. The van der Waals surface area contributed by atoms with Crippen LogP contribution >= 0.6 is 11.6 Å². The van der Waals surface area contributed by atoms with Crippen LogP contribution in [0.2, 0.25) is 5.02 Å². The molecule has 1 amide bonds. The monoisotopic (exact) mass is 747 g/mol. The van der Waals surface area contributed by atoms with Gasteiger partial charge in [-0.05, 0) is 29.7 Å². The van der Waals surface area contributed by atoms with Crippen LogP contribution in [0.5, 0.6) is 0 Å². The molecular weight excluding hydrogens is 706 g/mol. The SMILES string of the molecule is CC(=O)Nc1cc(CO[C@@H]2O[C@H](CCS(=O)Cc3ccccc3)[C@@H](O[C@H]3O[C@@H]4COC(c5ccccc5)O[C@H]4[C@H](O)[C@H]3O)[C@H](O)[C@H]2O)ccc1Cl. The summed E-state index contributed by atoms with van der Waals surface area (Å²) in [6.07, 6.45) is -13.8. The molecule has 5 N–H and O–H groups in total. The Morgan fingerprint density at radius 3 is 2.31 bits per heavy atom. The number of aliphatic hydroxyl groups is 4. The lowest BCUT2D eigenvalue weighted by atomic mass is 9.95. The van der Waals surface area contributed by atoms with Crippen molar-refractivity contribution < 1.29 is 57.9 Å². The van der Waals surface area contributed by atoms with Gasteiger partial charge in [-0.3, -0.25) is 9.00 Å². The van der Waals surface area contributed by atoms with Gasteiger partial charge in [0.2, 0.25) is 5.91 Å². The van der Waals surface area contributed by atoms with E-state index in [-0.39, 0.29) is 31.3 Å². The van der Waals surface area contributed by atoms with Gasteiger partial charge in [-0.1, -0.05) is 78.3 Å². The predicted molar refractivity (Wildman–Crippen MR) is 185 cm³/mol. The number of halogens is 1. The molecule has 3 aliphatic heterocycles. The van der Waals surface area contributed by atoms with Gasteiger partial charge in [0, 0.05) is 34.8 Å². The largest absolute Gasteiger partial charge is 0.387 e. The summed E-state index contributed by atoms with van der Waals surface area (Å²) >= 11 is 6.20. The second-order valence-electron chi connectivity index (χ2n) is 12.7. The van der Waals surface area contributed by atoms with Crippen LogP contribution in [0.4, 0.5) is 5.69 Å². The van der Waals surface area contributed by atoms with Crippen LogP contribution in [0, 0.1) is 0 Å². The molecule has 0 aromatic heterocycles. The maximum absolute atomic E-state index is 13.1. The van der Waals surface area contributed by atoms with E-state index in [0.29, 0.717) is 22.0 Å². The Hall–Kier alpha value is -2.83. The fourth-order valence-corrected chi connectivity index (χ4v) is 7.64.